The molecule has 1 fully saturated rings. The van der Waals surface area contributed by atoms with E-state index in [0.29, 0.717) is 29.0 Å². The lowest BCUT2D eigenvalue weighted by Crippen LogP contribution is -2.44. The highest BCUT2D eigenvalue weighted by atomic mass is 32.1. The molecule has 0 bridgehead atoms. The molecular formula is C25H29N3O5S. The summed E-state index contributed by atoms with van der Waals surface area (Å²) in [6.07, 6.45) is 4.72. The van der Waals surface area contributed by atoms with Crippen molar-refractivity contribution in [2.24, 2.45) is 0 Å². The maximum Gasteiger partial charge on any atom is 0.341 e. The van der Waals surface area contributed by atoms with Crippen LogP contribution in [0.2, 0.25) is 0 Å². The van der Waals surface area contributed by atoms with Gasteiger partial charge in [-0.05, 0) is 50.2 Å². The molecule has 4 amide bonds. The zero-order chi connectivity index (χ0) is 24.3. The van der Waals surface area contributed by atoms with Crippen molar-refractivity contribution in [3.8, 4) is 0 Å². The number of rotatable bonds is 8. The van der Waals surface area contributed by atoms with Crippen LogP contribution >= 0.6 is 11.3 Å². The van der Waals surface area contributed by atoms with Gasteiger partial charge in [0, 0.05) is 4.88 Å². The first-order valence-corrected chi connectivity index (χ1v) is 12.5. The monoisotopic (exact) mass is 483 g/mol. The van der Waals surface area contributed by atoms with Crippen molar-refractivity contribution in [2.45, 2.75) is 57.9 Å². The molecule has 9 heteroatoms. The lowest BCUT2D eigenvalue weighted by atomic mass is 9.85. The number of carbonyl (C=O) groups excluding carboxylic acids is 4. The van der Waals surface area contributed by atoms with E-state index < -0.39 is 35.9 Å². The zero-order valence-electron chi connectivity index (χ0n) is 19.4. The van der Waals surface area contributed by atoms with Gasteiger partial charge >= 0.3 is 12.0 Å². The molecule has 2 N–H and O–H groups in total. The minimum atomic E-state index is -1.19. The first-order chi connectivity index (χ1) is 16.4. The average molecular weight is 484 g/mol. The summed E-state index contributed by atoms with van der Waals surface area (Å²) < 4.78 is 5.23. The lowest BCUT2D eigenvalue weighted by Gasteiger charge is -2.26. The molecule has 0 spiro atoms. The standard InChI is InChI=1S/C25H29N3O5S/c1-3-14-25(16-10-6-5-7-11-16)23(31)28(24(32)27-25)15-19(29)26-21-20(22(30)33-4-2)17-12-8-9-13-18(17)34-21/h5-7,10-11H,3-4,8-9,12-15H2,1-2H3,(H,26,29)(H,27,32). The number of carbonyl (C=O) groups is 4. The molecule has 1 saturated heterocycles. The lowest BCUT2D eigenvalue weighted by molar-refractivity contribution is -0.134. The van der Waals surface area contributed by atoms with Gasteiger partial charge in [-0.1, -0.05) is 43.7 Å². The molecule has 1 aromatic carbocycles. The third-order valence-electron chi connectivity index (χ3n) is 6.27. The Bertz CT molecular complexity index is 1110. The Morgan fingerprint density at radius 1 is 1.15 bits per heavy atom. The fraction of sp³-hybridized carbons (Fsp3) is 0.440. The van der Waals surface area contributed by atoms with Crippen LogP contribution in [0.25, 0.3) is 0 Å². The number of aryl methyl sites for hydroxylation is 1. The molecule has 0 saturated carbocycles. The van der Waals surface area contributed by atoms with E-state index in [1.165, 1.54) is 11.3 Å². The van der Waals surface area contributed by atoms with Gasteiger partial charge in [-0.25, -0.2) is 9.59 Å². The van der Waals surface area contributed by atoms with Crippen molar-refractivity contribution in [1.82, 2.24) is 10.2 Å². The van der Waals surface area contributed by atoms with Crippen molar-refractivity contribution < 1.29 is 23.9 Å². The number of ether oxygens (including phenoxy) is 1. The number of nitrogens with zero attached hydrogens (tertiary/aromatic N) is 1. The summed E-state index contributed by atoms with van der Waals surface area (Å²) in [5.74, 6) is -1.44. The third-order valence-corrected chi connectivity index (χ3v) is 7.48. The first-order valence-electron chi connectivity index (χ1n) is 11.7. The molecule has 4 rings (SSSR count). The quantitative estimate of drug-likeness (QED) is 0.436. The van der Waals surface area contributed by atoms with Crippen molar-refractivity contribution in [1.29, 1.82) is 0 Å². The molecule has 180 valence electrons. The molecule has 8 nitrogen and oxygen atoms in total. The van der Waals surface area contributed by atoms with E-state index in [0.717, 1.165) is 41.0 Å². The number of fused-ring (bicyclic) bond motifs is 1. The molecule has 1 aromatic heterocycles. The Morgan fingerprint density at radius 3 is 2.59 bits per heavy atom. The van der Waals surface area contributed by atoms with E-state index in [4.69, 9.17) is 4.74 Å². The van der Waals surface area contributed by atoms with Crippen molar-refractivity contribution in [3.63, 3.8) is 0 Å². The van der Waals surface area contributed by atoms with Crippen LogP contribution in [-0.4, -0.2) is 41.9 Å². The van der Waals surface area contributed by atoms with Gasteiger partial charge in [-0.15, -0.1) is 11.3 Å². The van der Waals surface area contributed by atoms with E-state index in [2.05, 4.69) is 10.6 Å². The summed E-state index contributed by atoms with van der Waals surface area (Å²) in [4.78, 5) is 53.9. The van der Waals surface area contributed by atoms with Gasteiger partial charge in [0.05, 0.1) is 12.2 Å². The SMILES string of the molecule is CCCC1(c2ccccc2)NC(=O)N(CC(=O)Nc2sc3c(c2C(=O)OCC)CCCC3)C1=O. The number of benzene rings is 1. The molecule has 1 atom stereocenters. The van der Waals surface area contributed by atoms with Crippen molar-refractivity contribution >= 4 is 40.2 Å². The summed E-state index contributed by atoms with van der Waals surface area (Å²) in [6, 6.07) is 8.48. The minimum Gasteiger partial charge on any atom is -0.462 e. The fourth-order valence-electron chi connectivity index (χ4n) is 4.76. The van der Waals surface area contributed by atoms with Crippen molar-refractivity contribution in [2.75, 3.05) is 18.5 Å². The third kappa shape index (κ3) is 4.32. The van der Waals surface area contributed by atoms with Crippen LogP contribution in [0.3, 0.4) is 0 Å². The van der Waals surface area contributed by atoms with Gasteiger partial charge in [-0.3, -0.25) is 14.5 Å². The Hall–Kier alpha value is -3.20. The number of amides is 4. The molecular weight excluding hydrogens is 454 g/mol. The second-order valence-electron chi connectivity index (χ2n) is 8.53. The number of thiophene rings is 1. The number of esters is 1. The highest BCUT2D eigenvalue weighted by molar-refractivity contribution is 7.17. The van der Waals surface area contributed by atoms with Crippen molar-refractivity contribution in [3.05, 3.63) is 51.9 Å². The predicted octanol–water partition coefficient (Wildman–Crippen LogP) is 3.99. The van der Waals surface area contributed by atoms with Gasteiger partial charge in [-0.2, -0.15) is 0 Å². The zero-order valence-corrected chi connectivity index (χ0v) is 20.3. The van der Waals surface area contributed by atoms with Gasteiger partial charge < -0.3 is 15.4 Å². The largest absolute Gasteiger partial charge is 0.462 e. The Labute approximate surface area is 202 Å². The van der Waals surface area contributed by atoms with Crippen LogP contribution in [0.4, 0.5) is 9.80 Å². The number of hydrogen-bond donors (Lipinski definition) is 2. The van der Waals surface area contributed by atoms with Crippen LogP contribution in [-0.2, 0) is 32.7 Å². The Morgan fingerprint density at radius 2 is 1.88 bits per heavy atom. The second-order valence-corrected chi connectivity index (χ2v) is 9.63. The molecule has 2 aliphatic rings. The molecule has 2 aromatic rings. The number of hydrogen-bond acceptors (Lipinski definition) is 6. The first kappa shape index (κ1) is 23.9. The van der Waals surface area contributed by atoms with Gasteiger partial charge in [0.15, 0.2) is 0 Å². The van der Waals surface area contributed by atoms with Crippen LogP contribution in [0.15, 0.2) is 30.3 Å². The molecule has 1 unspecified atom stereocenters. The molecule has 1 aliphatic heterocycles. The molecule has 34 heavy (non-hydrogen) atoms. The average Bonchev–Trinajstić information content (AvgIpc) is 3.30. The molecule has 0 radical (unpaired) electrons. The highest BCUT2D eigenvalue weighted by Crippen LogP contribution is 2.39. The van der Waals surface area contributed by atoms with Crippen LogP contribution in [0, 0.1) is 0 Å². The van der Waals surface area contributed by atoms with Crippen LogP contribution in [0.5, 0.6) is 0 Å². The predicted molar refractivity (Wildman–Crippen MR) is 129 cm³/mol. The summed E-state index contributed by atoms with van der Waals surface area (Å²) in [5.41, 5.74) is 0.835. The maximum atomic E-state index is 13.4. The van der Waals surface area contributed by atoms with E-state index in [-0.39, 0.29) is 6.61 Å². The summed E-state index contributed by atoms with van der Waals surface area (Å²) in [7, 11) is 0. The summed E-state index contributed by atoms with van der Waals surface area (Å²) in [5, 5.41) is 6.03. The van der Waals surface area contributed by atoms with Gasteiger partial charge in [0.25, 0.3) is 5.91 Å². The van der Waals surface area contributed by atoms with E-state index >= 15 is 0 Å². The highest BCUT2D eigenvalue weighted by Gasteiger charge is 2.52. The van der Waals surface area contributed by atoms with Crippen LogP contribution < -0.4 is 10.6 Å². The van der Waals surface area contributed by atoms with Gasteiger partial charge in [0.2, 0.25) is 5.91 Å². The smallest absolute Gasteiger partial charge is 0.341 e. The van der Waals surface area contributed by atoms with E-state index in [1.807, 2.05) is 25.1 Å². The fourth-order valence-corrected chi connectivity index (χ4v) is 6.05. The number of imide groups is 1. The van der Waals surface area contributed by atoms with Gasteiger partial charge in [0.1, 0.15) is 17.1 Å². The van der Waals surface area contributed by atoms with Crippen LogP contribution in [0.1, 0.15) is 65.9 Å². The second kappa shape index (κ2) is 9.97. The number of nitrogens with one attached hydrogen (secondary N) is 2. The molecule has 1 aliphatic carbocycles. The maximum absolute atomic E-state index is 13.4. The number of urea groups is 1. The Kier molecular flexibility index (Phi) is 7.02. The summed E-state index contributed by atoms with van der Waals surface area (Å²) >= 11 is 1.37. The topological polar surface area (TPSA) is 105 Å². The van der Waals surface area contributed by atoms with E-state index in [1.54, 1.807) is 19.1 Å². The van der Waals surface area contributed by atoms with E-state index in [9.17, 15) is 19.2 Å². The summed E-state index contributed by atoms with van der Waals surface area (Å²) in [6.45, 7) is 3.48. The molecule has 2 heterocycles. The number of anilines is 1. The Balaban J connectivity index is 1.56. The normalized spacial score (nSPS) is 19.5. The minimum absolute atomic E-state index is 0.234.